The van der Waals surface area contributed by atoms with Gasteiger partial charge in [-0.2, -0.15) is 0 Å². The number of nitrogens with zero attached hydrogens (tertiary/aromatic N) is 1. The van der Waals surface area contributed by atoms with E-state index in [2.05, 4.69) is 0 Å². The van der Waals surface area contributed by atoms with Gasteiger partial charge in [-0.05, 0) is 17.7 Å². The fraction of sp³-hybridized carbons (Fsp3) is 0.417. The van der Waals surface area contributed by atoms with E-state index in [4.69, 9.17) is 0 Å². The first-order chi connectivity index (χ1) is 7.72. The molecular formula is C12H14FNOS. The molecule has 0 N–H and O–H groups in total. The second-order valence-electron chi connectivity index (χ2n) is 3.72. The van der Waals surface area contributed by atoms with E-state index < -0.39 is 0 Å². The normalized spacial score (nSPS) is 20.1. The van der Waals surface area contributed by atoms with E-state index in [1.807, 2.05) is 17.9 Å². The summed E-state index contributed by atoms with van der Waals surface area (Å²) in [5.41, 5.74) is 0.879. The molecule has 1 fully saturated rings. The Morgan fingerprint density at radius 1 is 1.62 bits per heavy atom. The number of amides is 1. The van der Waals surface area contributed by atoms with Gasteiger partial charge in [-0.1, -0.05) is 19.1 Å². The van der Waals surface area contributed by atoms with Crippen molar-refractivity contribution in [3.8, 4) is 0 Å². The van der Waals surface area contributed by atoms with E-state index in [1.54, 1.807) is 17.8 Å². The second-order valence-corrected chi connectivity index (χ2v) is 4.91. The molecule has 1 atom stereocenters. The summed E-state index contributed by atoms with van der Waals surface area (Å²) < 4.78 is 13.1. The quantitative estimate of drug-likeness (QED) is 0.791. The highest BCUT2D eigenvalue weighted by Gasteiger charge is 2.29. The van der Waals surface area contributed by atoms with E-state index in [1.165, 1.54) is 12.1 Å². The van der Waals surface area contributed by atoms with E-state index in [-0.39, 0.29) is 17.1 Å². The van der Waals surface area contributed by atoms with Gasteiger partial charge in [0.1, 0.15) is 11.2 Å². The van der Waals surface area contributed by atoms with Gasteiger partial charge in [0.15, 0.2) is 0 Å². The Hall–Kier alpha value is -1.03. The Morgan fingerprint density at radius 2 is 2.44 bits per heavy atom. The number of rotatable bonds is 2. The first-order valence-corrected chi connectivity index (χ1v) is 6.43. The van der Waals surface area contributed by atoms with Crippen LogP contribution in [0.25, 0.3) is 0 Å². The van der Waals surface area contributed by atoms with Crippen LogP contribution in [0.5, 0.6) is 0 Å². The molecule has 1 aromatic rings. The van der Waals surface area contributed by atoms with Crippen LogP contribution in [0.4, 0.5) is 4.39 Å². The number of carbonyl (C=O) groups is 1. The van der Waals surface area contributed by atoms with Crippen LogP contribution in [0.3, 0.4) is 0 Å². The van der Waals surface area contributed by atoms with Crippen molar-refractivity contribution in [2.45, 2.75) is 18.7 Å². The maximum Gasteiger partial charge on any atom is 0.223 e. The van der Waals surface area contributed by atoms with Gasteiger partial charge in [0.2, 0.25) is 5.91 Å². The highest BCUT2D eigenvalue weighted by molar-refractivity contribution is 7.99. The molecule has 1 saturated heterocycles. The van der Waals surface area contributed by atoms with Gasteiger partial charge in [-0.25, -0.2) is 4.39 Å². The van der Waals surface area contributed by atoms with Crippen molar-refractivity contribution in [3.05, 3.63) is 35.6 Å². The van der Waals surface area contributed by atoms with Crippen molar-refractivity contribution >= 4 is 17.7 Å². The zero-order chi connectivity index (χ0) is 11.5. The molecule has 0 saturated carbocycles. The monoisotopic (exact) mass is 239 g/mol. The number of thioether (sulfide) groups is 1. The van der Waals surface area contributed by atoms with Crippen LogP contribution in [0.2, 0.25) is 0 Å². The molecule has 0 aliphatic carbocycles. The maximum absolute atomic E-state index is 13.1. The largest absolute Gasteiger partial charge is 0.326 e. The van der Waals surface area contributed by atoms with Crippen molar-refractivity contribution in [2.75, 3.05) is 12.3 Å². The molecule has 1 aromatic carbocycles. The third-order valence-corrected chi connectivity index (χ3v) is 3.91. The van der Waals surface area contributed by atoms with Gasteiger partial charge in [-0.3, -0.25) is 4.79 Å². The van der Waals surface area contributed by atoms with Crippen LogP contribution < -0.4 is 0 Å². The van der Waals surface area contributed by atoms with Crippen LogP contribution in [-0.4, -0.2) is 23.1 Å². The zero-order valence-electron chi connectivity index (χ0n) is 9.15. The fourth-order valence-corrected chi connectivity index (χ4v) is 3.13. The van der Waals surface area contributed by atoms with E-state index in [0.717, 1.165) is 17.9 Å². The molecule has 16 heavy (non-hydrogen) atoms. The summed E-state index contributed by atoms with van der Waals surface area (Å²) in [6, 6.07) is 6.51. The van der Waals surface area contributed by atoms with Gasteiger partial charge in [0, 0.05) is 18.7 Å². The number of halogens is 1. The summed E-state index contributed by atoms with van der Waals surface area (Å²) in [7, 11) is 0. The van der Waals surface area contributed by atoms with Crippen molar-refractivity contribution in [3.63, 3.8) is 0 Å². The highest BCUT2D eigenvalue weighted by atomic mass is 32.2. The molecule has 4 heteroatoms. The molecule has 2 nitrogen and oxygen atoms in total. The van der Waals surface area contributed by atoms with Gasteiger partial charge in [-0.15, -0.1) is 11.8 Å². The molecule has 0 unspecified atom stereocenters. The van der Waals surface area contributed by atoms with Crippen molar-refractivity contribution < 1.29 is 9.18 Å². The molecule has 2 rings (SSSR count). The Balaban J connectivity index is 2.23. The molecule has 1 aliphatic rings. The molecule has 0 aromatic heterocycles. The molecule has 1 heterocycles. The number of carbonyl (C=O) groups excluding carboxylic acids is 1. The average molecular weight is 239 g/mol. The second kappa shape index (κ2) is 4.87. The zero-order valence-corrected chi connectivity index (χ0v) is 9.97. The lowest BCUT2D eigenvalue weighted by molar-refractivity contribution is -0.131. The lowest BCUT2D eigenvalue weighted by atomic mass is 10.2. The van der Waals surface area contributed by atoms with E-state index >= 15 is 0 Å². The highest BCUT2D eigenvalue weighted by Crippen LogP contribution is 2.38. The topological polar surface area (TPSA) is 20.3 Å². The Labute approximate surface area is 98.8 Å². The van der Waals surface area contributed by atoms with Crippen LogP contribution in [0, 0.1) is 5.82 Å². The minimum Gasteiger partial charge on any atom is -0.326 e. The van der Waals surface area contributed by atoms with Gasteiger partial charge >= 0.3 is 0 Å². The third kappa shape index (κ3) is 2.21. The van der Waals surface area contributed by atoms with Crippen molar-refractivity contribution in [1.82, 2.24) is 4.90 Å². The number of hydrogen-bond acceptors (Lipinski definition) is 2. The fourth-order valence-electron chi connectivity index (χ4n) is 1.86. The Morgan fingerprint density at radius 3 is 3.12 bits per heavy atom. The predicted octanol–water partition coefficient (Wildman–Crippen LogP) is 2.81. The summed E-state index contributed by atoms with van der Waals surface area (Å²) in [5.74, 6) is 0.820. The molecular weight excluding hydrogens is 225 g/mol. The lowest BCUT2D eigenvalue weighted by Crippen LogP contribution is -2.29. The minimum atomic E-state index is -0.242. The third-order valence-electron chi connectivity index (χ3n) is 2.65. The van der Waals surface area contributed by atoms with Crippen molar-refractivity contribution in [2.24, 2.45) is 0 Å². The minimum absolute atomic E-state index is 0.0110. The van der Waals surface area contributed by atoms with E-state index in [9.17, 15) is 9.18 Å². The van der Waals surface area contributed by atoms with Gasteiger partial charge in [0.05, 0.1) is 0 Å². The SMILES string of the molecule is CCC(=O)N1CCS[C@H]1c1cccc(F)c1. The van der Waals surface area contributed by atoms with Gasteiger partial charge < -0.3 is 4.90 Å². The first-order valence-electron chi connectivity index (χ1n) is 5.39. The number of benzene rings is 1. The van der Waals surface area contributed by atoms with Crippen LogP contribution in [-0.2, 0) is 4.79 Å². The molecule has 86 valence electrons. The summed E-state index contributed by atoms with van der Waals surface area (Å²) in [4.78, 5) is 13.5. The molecule has 1 amide bonds. The smallest absolute Gasteiger partial charge is 0.223 e. The maximum atomic E-state index is 13.1. The summed E-state index contributed by atoms with van der Waals surface area (Å²) >= 11 is 1.69. The molecule has 0 bridgehead atoms. The number of hydrogen-bond donors (Lipinski definition) is 0. The summed E-state index contributed by atoms with van der Waals surface area (Å²) in [6.07, 6.45) is 0.506. The molecule has 1 aliphatic heterocycles. The summed E-state index contributed by atoms with van der Waals surface area (Å²) in [6.45, 7) is 2.62. The van der Waals surface area contributed by atoms with Crippen molar-refractivity contribution in [1.29, 1.82) is 0 Å². The van der Waals surface area contributed by atoms with Crippen LogP contribution in [0.1, 0.15) is 24.3 Å². The first kappa shape index (κ1) is 11.5. The molecule has 0 radical (unpaired) electrons. The van der Waals surface area contributed by atoms with E-state index in [0.29, 0.717) is 6.42 Å². The average Bonchev–Trinajstić information content (AvgIpc) is 2.77. The predicted molar refractivity (Wildman–Crippen MR) is 63.6 cm³/mol. The Bertz CT molecular complexity index is 396. The van der Waals surface area contributed by atoms with Crippen LogP contribution >= 0.6 is 11.8 Å². The lowest BCUT2D eigenvalue weighted by Gasteiger charge is -2.23. The standard InChI is InChI=1S/C12H14FNOS/c1-2-11(15)14-6-7-16-12(14)9-4-3-5-10(13)8-9/h3-5,8,12H,2,6-7H2,1H3/t12-/m0/s1. The van der Waals surface area contributed by atoms with Gasteiger partial charge in [0.25, 0.3) is 0 Å². The van der Waals surface area contributed by atoms with Crippen LogP contribution in [0.15, 0.2) is 24.3 Å². The summed E-state index contributed by atoms with van der Waals surface area (Å²) in [5, 5.41) is -0.0110. The Kier molecular flexibility index (Phi) is 3.49. The molecule has 0 spiro atoms.